The van der Waals surface area contributed by atoms with Gasteiger partial charge in [-0.25, -0.2) is 0 Å². The Labute approximate surface area is 184 Å². The van der Waals surface area contributed by atoms with Crippen LogP contribution in [0.15, 0.2) is 11.6 Å². The maximum atomic E-state index is 11.2. The van der Waals surface area contributed by atoms with Crippen LogP contribution < -0.4 is 0 Å². The molecule has 0 radical (unpaired) electrons. The summed E-state index contributed by atoms with van der Waals surface area (Å²) in [6.07, 6.45) is 13.3. The molecule has 0 amide bonds. The minimum atomic E-state index is -0.157. The molecule has 0 bridgehead atoms. The average molecular weight is 419 g/mol. The van der Waals surface area contributed by atoms with Gasteiger partial charge in [-0.15, -0.1) is 0 Å². The molecule has 4 aliphatic carbocycles. The van der Waals surface area contributed by atoms with Crippen molar-refractivity contribution in [1.82, 2.24) is 0 Å². The molecule has 0 aromatic rings. The molecule has 0 aliphatic heterocycles. The molecule has 0 heterocycles. The van der Waals surface area contributed by atoms with E-state index in [1.807, 2.05) is 0 Å². The molecule has 4 rings (SSSR count). The summed E-state index contributed by atoms with van der Waals surface area (Å²) >= 11 is 0. The quantitative estimate of drug-likeness (QED) is 0.511. The van der Waals surface area contributed by atoms with Gasteiger partial charge in [0.05, 0.1) is 12.2 Å². The molecule has 4 aliphatic rings. The minimum absolute atomic E-state index is 0.137. The van der Waals surface area contributed by atoms with Crippen molar-refractivity contribution in [3.8, 4) is 0 Å². The largest absolute Gasteiger partial charge is 0.396 e. The van der Waals surface area contributed by atoms with Gasteiger partial charge in [-0.1, -0.05) is 52.2 Å². The van der Waals surface area contributed by atoms with Crippen molar-refractivity contribution >= 4 is 0 Å². The van der Waals surface area contributed by atoms with Gasteiger partial charge in [0.25, 0.3) is 0 Å². The van der Waals surface area contributed by atoms with Gasteiger partial charge in [-0.2, -0.15) is 0 Å². The third-order valence-electron chi connectivity index (χ3n) is 10.5. The monoisotopic (exact) mass is 418 g/mol. The fourth-order valence-electron chi connectivity index (χ4n) is 8.78. The summed E-state index contributed by atoms with van der Waals surface area (Å²) in [5, 5.41) is 30.8. The first-order valence-corrected chi connectivity index (χ1v) is 12.9. The second-order valence-electron chi connectivity index (χ2n) is 12.2. The van der Waals surface area contributed by atoms with Crippen LogP contribution in [0.4, 0.5) is 0 Å². The Morgan fingerprint density at radius 2 is 1.83 bits per heavy atom. The Bertz CT molecular complexity index is 644. The highest BCUT2D eigenvalue weighted by Gasteiger charge is 2.61. The second-order valence-corrected chi connectivity index (χ2v) is 12.2. The zero-order valence-electron chi connectivity index (χ0n) is 19.8. The maximum absolute atomic E-state index is 11.2. The summed E-state index contributed by atoms with van der Waals surface area (Å²) in [6.45, 7) is 9.78. The summed E-state index contributed by atoms with van der Waals surface area (Å²) in [7, 11) is 0. The fourth-order valence-corrected chi connectivity index (χ4v) is 8.78. The highest BCUT2D eigenvalue weighted by Crippen LogP contribution is 2.67. The van der Waals surface area contributed by atoms with Crippen molar-refractivity contribution in [1.29, 1.82) is 0 Å². The summed E-state index contributed by atoms with van der Waals surface area (Å²) in [6, 6.07) is 0. The highest BCUT2D eigenvalue weighted by atomic mass is 16.3. The molecule has 3 heteroatoms. The Kier molecular flexibility index (Phi) is 6.48. The van der Waals surface area contributed by atoms with Crippen molar-refractivity contribution < 1.29 is 15.3 Å². The van der Waals surface area contributed by atoms with E-state index in [1.54, 1.807) is 0 Å². The first-order valence-electron chi connectivity index (χ1n) is 12.9. The SMILES string of the molecule is CC(CO)CCC[C@@H](C)[C@H]1C(O)C[C@H]2[C@@H]3CC=C4C[C@@H](O)CC[C@]4(C)[C@H]3CC[C@]12C. The fraction of sp³-hybridized carbons (Fsp3) is 0.926. The molecule has 30 heavy (non-hydrogen) atoms. The van der Waals surface area contributed by atoms with Crippen LogP contribution in [0.1, 0.15) is 91.9 Å². The second kappa shape index (κ2) is 8.52. The molecule has 3 N–H and O–H groups in total. The van der Waals surface area contributed by atoms with E-state index < -0.39 is 0 Å². The number of hydrogen-bond donors (Lipinski definition) is 3. The Balaban J connectivity index is 1.50. The summed E-state index contributed by atoms with van der Waals surface area (Å²) in [5.41, 5.74) is 2.07. The highest BCUT2D eigenvalue weighted by molar-refractivity contribution is 5.25. The van der Waals surface area contributed by atoms with Crippen molar-refractivity contribution in [2.24, 2.45) is 46.3 Å². The van der Waals surface area contributed by atoms with Crippen molar-refractivity contribution in [3.63, 3.8) is 0 Å². The first kappa shape index (κ1) is 22.8. The van der Waals surface area contributed by atoms with E-state index in [9.17, 15) is 15.3 Å². The van der Waals surface area contributed by atoms with Crippen molar-refractivity contribution in [2.75, 3.05) is 6.61 Å². The lowest BCUT2D eigenvalue weighted by Gasteiger charge is -2.58. The minimum Gasteiger partial charge on any atom is -0.396 e. The van der Waals surface area contributed by atoms with Gasteiger partial charge in [0, 0.05) is 6.61 Å². The van der Waals surface area contributed by atoms with E-state index in [2.05, 4.69) is 33.8 Å². The molecule has 0 aromatic heterocycles. The number of rotatable bonds is 6. The Morgan fingerprint density at radius 1 is 1.07 bits per heavy atom. The van der Waals surface area contributed by atoms with Crippen LogP contribution in [0.5, 0.6) is 0 Å². The Hall–Kier alpha value is -0.380. The van der Waals surface area contributed by atoms with Crippen LogP contribution in [0, 0.1) is 46.3 Å². The molecule has 3 nitrogen and oxygen atoms in total. The van der Waals surface area contributed by atoms with Gasteiger partial charge in [0.15, 0.2) is 0 Å². The van der Waals surface area contributed by atoms with Crippen LogP contribution >= 0.6 is 0 Å². The summed E-state index contributed by atoms with van der Waals surface area (Å²) < 4.78 is 0. The topological polar surface area (TPSA) is 60.7 Å². The Morgan fingerprint density at radius 3 is 2.57 bits per heavy atom. The molecular formula is C27H46O3. The number of aliphatic hydroxyl groups excluding tert-OH is 3. The van der Waals surface area contributed by atoms with Crippen molar-refractivity contribution in [3.05, 3.63) is 11.6 Å². The molecule has 3 saturated carbocycles. The molecule has 172 valence electrons. The van der Waals surface area contributed by atoms with E-state index in [0.29, 0.717) is 29.6 Å². The standard InChI is InChI=1S/C27H46O3/c1-17(16-28)6-5-7-18(2)25-24(30)15-23-21-9-8-19-14-20(29)10-12-26(19,3)22(21)11-13-27(23,25)4/h8,17-18,20-25,28-30H,5-7,9-16H2,1-4H3/t17?,18-,20+,21-,22+,23+,24?,25+,26+,27+/m1/s1. The van der Waals surface area contributed by atoms with Gasteiger partial charge in [-0.3, -0.25) is 0 Å². The molecule has 2 unspecified atom stereocenters. The lowest BCUT2D eigenvalue weighted by atomic mass is 9.47. The number of fused-ring (bicyclic) bond motifs is 5. The lowest BCUT2D eigenvalue weighted by Crippen LogP contribution is -2.51. The molecule has 0 aromatic carbocycles. The third kappa shape index (κ3) is 3.71. The van der Waals surface area contributed by atoms with Gasteiger partial charge in [-0.05, 0) is 97.7 Å². The van der Waals surface area contributed by atoms with E-state index in [-0.39, 0.29) is 29.6 Å². The van der Waals surface area contributed by atoms with Crippen LogP contribution in [-0.2, 0) is 0 Å². The van der Waals surface area contributed by atoms with Gasteiger partial charge in [0.2, 0.25) is 0 Å². The van der Waals surface area contributed by atoms with E-state index in [4.69, 9.17) is 0 Å². The molecule has 3 fully saturated rings. The predicted octanol–water partition coefficient (Wildman–Crippen LogP) is 5.33. The number of hydrogen-bond acceptors (Lipinski definition) is 3. The zero-order valence-corrected chi connectivity index (χ0v) is 19.8. The lowest BCUT2D eigenvalue weighted by molar-refractivity contribution is -0.0620. The number of aliphatic hydroxyl groups is 3. The smallest absolute Gasteiger partial charge is 0.0579 e. The molecular weight excluding hydrogens is 372 g/mol. The van der Waals surface area contributed by atoms with Crippen LogP contribution in [-0.4, -0.2) is 34.1 Å². The van der Waals surface area contributed by atoms with E-state index in [0.717, 1.165) is 50.9 Å². The van der Waals surface area contributed by atoms with E-state index in [1.165, 1.54) is 24.8 Å². The molecule has 10 atom stereocenters. The number of allylic oxidation sites excluding steroid dienone is 1. The zero-order chi connectivity index (χ0) is 21.7. The third-order valence-corrected chi connectivity index (χ3v) is 10.5. The van der Waals surface area contributed by atoms with Gasteiger partial charge in [0.1, 0.15) is 0 Å². The summed E-state index contributed by atoms with van der Waals surface area (Å²) in [4.78, 5) is 0. The first-order chi connectivity index (χ1) is 14.2. The van der Waals surface area contributed by atoms with Crippen LogP contribution in [0.25, 0.3) is 0 Å². The van der Waals surface area contributed by atoms with Crippen LogP contribution in [0.3, 0.4) is 0 Å². The van der Waals surface area contributed by atoms with E-state index >= 15 is 0 Å². The van der Waals surface area contributed by atoms with Crippen LogP contribution in [0.2, 0.25) is 0 Å². The average Bonchev–Trinajstić information content (AvgIpc) is 2.98. The van der Waals surface area contributed by atoms with Gasteiger partial charge >= 0.3 is 0 Å². The molecule has 0 saturated heterocycles. The normalized spacial score (nSPS) is 47.6. The predicted molar refractivity (Wildman–Crippen MR) is 122 cm³/mol. The summed E-state index contributed by atoms with van der Waals surface area (Å²) in [5.74, 6) is 3.43. The molecule has 0 spiro atoms. The van der Waals surface area contributed by atoms with Gasteiger partial charge < -0.3 is 15.3 Å². The maximum Gasteiger partial charge on any atom is 0.0579 e. The van der Waals surface area contributed by atoms with Crippen molar-refractivity contribution in [2.45, 2.75) is 104 Å².